The monoisotopic (exact) mass is 415 g/mol. The Bertz CT molecular complexity index is 879. The molecular formula is C22H26ClN3O3. The van der Waals surface area contributed by atoms with Gasteiger partial charge in [-0.05, 0) is 30.5 Å². The van der Waals surface area contributed by atoms with Gasteiger partial charge in [0, 0.05) is 48.8 Å². The largest absolute Gasteiger partial charge is 0.424 e. The van der Waals surface area contributed by atoms with E-state index in [0.717, 1.165) is 11.1 Å². The van der Waals surface area contributed by atoms with Gasteiger partial charge in [0.2, 0.25) is 5.91 Å². The Morgan fingerprint density at radius 1 is 1.21 bits per heavy atom. The molecule has 0 bridgehead atoms. The zero-order chi connectivity index (χ0) is 21.4. The maximum atomic E-state index is 12.0. The zero-order valence-corrected chi connectivity index (χ0v) is 17.9. The average molecular weight is 416 g/mol. The molecule has 0 saturated carbocycles. The normalized spacial score (nSPS) is 12.2. The smallest absolute Gasteiger partial charge is 0.321 e. The van der Waals surface area contributed by atoms with E-state index in [1.54, 1.807) is 30.6 Å². The summed E-state index contributed by atoms with van der Waals surface area (Å²) in [5, 5.41) is 3.24. The summed E-state index contributed by atoms with van der Waals surface area (Å²) in [6.07, 6.45) is 7.77. The molecule has 0 spiro atoms. The Morgan fingerprint density at radius 2 is 1.90 bits per heavy atom. The first-order valence-corrected chi connectivity index (χ1v) is 9.86. The summed E-state index contributed by atoms with van der Waals surface area (Å²) in [5.41, 5.74) is 1.56. The number of ketones is 1. The zero-order valence-electron chi connectivity index (χ0n) is 17.1. The van der Waals surface area contributed by atoms with Crippen LogP contribution in [0.3, 0.4) is 0 Å². The van der Waals surface area contributed by atoms with E-state index < -0.39 is 0 Å². The second-order valence-corrected chi connectivity index (χ2v) is 7.72. The van der Waals surface area contributed by atoms with Crippen LogP contribution in [0.25, 0.3) is 6.08 Å². The van der Waals surface area contributed by atoms with Crippen LogP contribution in [-0.2, 0) is 16.0 Å². The number of benzene rings is 1. The van der Waals surface area contributed by atoms with E-state index in [2.05, 4.69) is 15.3 Å². The Balaban J connectivity index is 1.97. The highest BCUT2D eigenvalue weighted by atomic mass is 35.5. The minimum absolute atomic E-state index is 0.0866. The number of aromatic nitrogens is 2. The molecule has 1 aromatic carbocycles. The summed E-state index contributed by atoms with van der Waals surface area (Å²) < 4.78 is 5.64. The lowest BCUT2D eigenvalue weighted by Crippen LogP contribution is -2.28. The topological polar surface area (TPSA) is 81.2 Å². The molecule has 0 aliphatic carbocycles. The van der Waals surface area contributed by atoms with Crippen LogP contribution in [0.4, 0.5) is 0 Å². The van der Waals surface area contributed by atoms with Gasteiger partial charge >= 0.3 is 6.01 Å². The first-order valence-electron chi connectivity index (χ1n) is 9.48. The highest BCUT2D eigenvalue weighted by Crippen LogP contribution is 2.26. The SMILES string of the molecule is CC(=O)N[C@@H](C)/C=C/c1cnc(Oc2ccc(CC(=O)CC(C)C)c(Cl)c2)nc1. The third-order valence-electron chi connectivity index (χ3n) is 3.91. The predicted octanol–water partition coefficient (Wildman–Crippen LogP) is 4.62. The molecule has 0 saturated heterocycles. The molecule has 0 radical (unpaired) electrons. The molecular weight excluding hydrogens is 390 g/mol. The van der Waals surface area contributed by atoms with Gasteiger partial charge in [-0.25, -0.2) is 9.97 Å². The summed E-state index contributed by atoms with van der Waals surface area (Å²) in [5.74, 6) is 0.900. The van der Waals surface area contributed by atoms with Gasteiger partial charge < -0.3 is 10.1 Å². The third-order valence-corrected chi connectivity index (χ3v) is 4.27. The highest BCUT2D eigenvalue weighted by Gasteiger charge is 2.11. The minimum atomic E-state index is -0.0869. The quantitative estimate of drug-likeness (QED) is 0.646. The van der Waals surface area contributed by atoms with Crippen molar-refractivity contribution >= 4 is 29.4 Å². The fourth-order valence-corrected chi connectivity index (χ4v) is 2.91. The summed E-state index contributed by atoms with van der Waals surface area (Å²) in [6, 6.07) is 5.30. The molecule has 1 N–H and O–H groups in total. The third kappa shape index (κ3) is 8.03. The molecule has 1 atom stereocenters. The second kappa shape index (κ2) is 10.7. The van der Waals surface area contributed by atoms with Crippen LogP contribution in [0.15, 0.2) is 36.7 Å². The molecule has 0 aliphatic heterocycles. The number of hydrogen-bond acceptors (Lipinski definition) is 5. The van der Waals surface area contributed by atoms with Crippen LogP contribution in [0.5, 0.6) is 11.8 Å². The van der Waals surface area contributed by atoms with Crippen LogP contribution < -0.4 is 10.1 Å². The van der Waals surface area contributed by atoms with Crippen molar-refractivity contribution in [2.75, 3.05) is 0 Å². The fourth-order valence-electron chi connectivity index (χ4n) is 2.67. The number of rotatable bonds is 9. The van der Waals surface area contributed by atoms with E-state index >= 15 is 0 Å². The van der Waals surface area contributed by atoms with Gasteiger partial charge in [0.1, 0.15) is 11.5 Å². The van der Waals surface area contributed by atoms with Crippen molar-refractivity contribution in [3.05, 3.63) is 52.8 Å². The van der Waals surface area contributed by atoms with E-state index in [-0.39, 0.29) is 23.7 Å². The van der Waals surface area contributed by atoms with E-state index in [4.69, 9.17) is 16.3 Å². The Morgan fingerprint density at radius 3 is 2.48 bits per heavy atom. The lowest BCUT2D eigenvalue weighted by atomic mass is 10.0. The first-order chi connectivity index (χ1) is 13.7. The minimum Gasteiger partial charge on any atom is -0.424 e. The lowest BCUT2D eigenvalue weighted by Gasteiger charge is -2.09. The molecule has 0 unspecified atom stereocenters. The fraction of sp³-hybridized carbons (Fsp3) is 0.364. The first kappa shape index (κ1) is 22.6. The van der Waals surface area contributed by atoms with Gasteiger partial charge in [0.05, 0.1) is 0 Å². The Labute approximate surface area is 176 Å². The lowest BCUT2D eigenvalue weighted by molar-refractivity contribution is -0.120. The van der Waals surface area contributed by atoms with Crippen molar-refractivity contribution in [3.63, 3.8) is 0 Å². The van der Waals surface area contributed by atoms with Crippen molar-refractivity contribution in [2.24, 2.45) is 5.92 Å². The molecule has 154 valence electrons. The van der Waals surface area contributed by atoms with Gasteiger partial charge in [0.25, 0.3) is 0 Å². The molecule has 1 amide bonds. The number of Topliss-reactive ketones (excluding diaryl/α,β-unsaturated/α-hetero) is 1. The summed E-state index contributed by atoms with van der Waals surface area (Å²) in [4.78, 5) is 31.4. The molecule has 29 heavy (non-hydrogen) atoms. The van der Waals surface area contributed by atoms with E-state index in [1.165, 1.54) is 6.92 Å². The molecule has 0 fully saturated rings. The maximum Gasteiger partial charge on any atom is 0.321 e. The molecule has 0 aliphatic rings. The predicted molar refractivity (Wildman–Crippen MR) is 114 cm³/mol. The number of carbonyl (C=O) groups excluding carboxylic acids is 2. The van der Waals surface area contributed by atoms with Gasteiger partial charge in [0.15, 0.2) is 0 Å². The van der Waals surface area contributed by atoms with E-state index in [9.17, 15) is 9.59 Å². The summed E-state index contributed by atoms with van der Waals surface area (Å²) >= 11 is 6.30. The number of halogens is 1. The average Bonchev–Trinajstić information content (AvgIpc) is 2.62. The van der Waals surface area contributed by atoms with Crippen molar-refractivity contribution in [2.45, 2.75) is 46.6 Å². The molecule has 1 heterocycles. The van der Waals surface area contributed by atoms with Crippen LogP contribution >= 0.6 is 11.6 Å². The summed E-state index contributed by atoms with van der Waals surface area (Å²) in [6.45, 7) is 7.38. The number of nitrogens with one attached hydrogen (secondary N) is 1. The Hall–Kier alpha value is -2.73. The maximum absolute atomic E-state index is 12.0. The number of nitrogens with zero attached hydrogens (tertiary/aromatic N) is 2. The standard InChI is InChI=1S/C22H26ClN3O3/c1-14(2)9-19(28)10-18-7-8-20(11-21(18)23)29-22-24-12-17(13-25-22)6-5-15(3)26-16(4)27/h5-8,11-15H,9-10H2,1-4H3,(H,26,27)/b6-5+/t15-/m0/s1. The molecule has 2 rings (SSSR count). The van der Waals surface area contributed by atoms with E-state index in [0.29, 0.717) is 29.5 Å². The van der Waals surface area contributed by atoms with Gasteiger partial charge in [-0.2, -0.15) is 0 Å². The highest BCUT2D eigenvalue weighted by molar-refractivity contribution is 6.31. The number of ether oxygens (including phenoxy) is 1. The van der Waals surface area contributed by atoms with Crippen molar-refractivity contribution in [3.8, 4) is 11.8 Å². The van der Waals surface area contributed by atoms with Crippen LogP contribution in [-0.4, -0.2) is 27.7 Å². The molecule has 7 heteroatoms. The second-order valence-electron chi connectivity index (χ2n) is 7.32. The van der Waals surface area contributed by atoms with Crippen molar-refractivity contribution < 1.29 is 14.3 Å². The molecule has 1 aromatic heterocycles. The van der Waals surface area contributed by atoms with Gasteiger partial charge in [-0.15, -0.1) is 0 Å². The van der Waals surface area contributed by atoms with Gasteiger partial charge in [-0.3, -0.25) is 9.59 Å². The van der Waals surface area contributed by atoms with Crippen LogP contribution in [0.1, 0.15) is 45.2 Å². The van der Waals surface area contributed by atoms with Crippen molar-refractivity contribution in [1.29, 1.82) is 0 Å². The number of amides is 1. The Kier molecular flexibility index (Phi) is 8.34. The van der Waals surface area contributed by atoms with Crippen molar-refractivity contribution in [1.82, 2.24) is 15.3 Å². The number of hydrogen-bond donors (Lipinski definition) is 1. The van der Waals surface area contributed by atoms with Crippen LogP contribution in [0.2, 0.25) is 5.02 Å². The molecule has 6 nitrogen and oxygen atoms in total. The van der Waals surface area contributed by atoms with Gasteiger partial charge in [-0.1, -0.05) is 43.7 Å². The summed E-state index contributed by atoms with van der Waals surface area (Å²) in [7, 11) is 0. The van der Waals surface area contributed by atoms with Crippen LogP contribution in [0, 0.1) is 5.92 Å². The molecule has 2 aromatic rings. The number of carbonyl (C=O) groups is 2. The van der Waals surface area contributed by atoms with E-state index in [1.807, 2.05) is 32.9 Å².